The molecule has 1 heterocycles. The van der Waals surface area contributed by atoms with Crippen LogP contribution in [0.3, 0.4) is 0 Å². The Morgan fingerprint density at radius 2 is 2.40 bits per heavy atom. The Labute approximate surface area is 59.0 Å². The van der Waals surface area contributed by atoms with Crippen molar-refractivity contribution in [2.24, 2.45) is 5.92 Å². The summed E-state index contributed by atoms with van der Waals surface area (Å²) in [6.07, 6.45) is 0.687. The zero-order valence-electron chi connectivity index (χ0n) is 5.83. The molecule has 0 aliphatic carbocycles. The Bertz CT molecular complexity index is 117. The van der Waals surface area contributed by atoms with E-state index in [1.807, 2.05) is 0 Å². The molecule has 0 bridgehead atoms. The molecule has 0 aromatic rings. The third-order valence-electron chi connectivity index (χ3n) is 1.44. The van der Waals surface area contributed by atoms with Crippen molar-refractivity contribution in [2.45, 2.75) is 6.42 Å². The zero-order chi connectivity index (χ0) is 7.40. The van der Waals surface area contributed by atoms with Crippen LogP contribution in [0.25, 0.3) is 0 Å². The van der Waals surface area contributed by atoms with Crippen LogP contribution in [-0.4, -0.2) is 26.3 Å². The molecule has 0 amide bonds. The van der Waals surface area contributed by atoms with Gasteiger partial charge >= 0.3 is 5.97 Å². The highest BCUT2D eigenvalue weighted by atomic mass is 17.2. The van der Waals surface area contributed by atoms with Gasteiger partial charge < -0.3 is 4.74 Å². The number of hydrogen-bond acceptors (Lipinski definition) is 4. The van der Waals surface area contributed by atoms with Crippen LogP contribution >= 0.6 is 0 Å². The molecule has 1 rings (SSSR count). The van der Waals surface area contributed by atoms with Crippen LogP contribution in [0.1, 0.15) is 6.42 Å². The van der Waals surface area contributed by atoms with E-state index in [1.165, 1.54) is 7.11 Å². The lowest BCUT2D eigenvalue weighted by Crippen LogP contribution is -2.27. The van der Waals surface area contributed by atoms with Crippen molar-refractivity contribution in [1.29, 1.82) is 0 Å². The predicted molar refractivity (Wildman–Crippen MR) is 32.0 cm³/mol. The third kappa shape index (κ3) is 1.68. The lowest BCUT2D eigenvalue weighted by molar-refractivity contribution is -0.322. The van der Waals surface area contributed by atoms with Gasteiger partial charge in [0.2, 0.25) is 0 Å². The van der Waals surface area contributed by atoms with E-state index in [0.29, 0.717) is 19.6 Å². The number of ether oxygens (including phenoxy) is 1. The van der Waals surface area contributed by atoms with Crippen LogP contribution < -0.4 is 0 Å². The molecule has 0 saturated carbocycles. The number of rotatable bonds is 1. The number of methoxy groups -OCH3 is 1. The molecular weight excluding hydrogens is 136 g/mol. The van der Waals surface area contributed by atoms with E-state index in [-0.39, 0.29) is 11.9 Å². The maximum atomic E-state index is 10.8. The third-order valence-corrected chi connectivity index (χ3v) is 1.44. The summed E-state index contributed by atoms with van der Waals surface area (Å²) in [6.45, 7) is 0.784. The second-order valence-electron chi connectivity index (χ2n) is 2.12. The summed E-state index contributed by atoms with van der Waals surface area (Å²) >= 11 is 0. The fraction of sp³-hybridized carbons (Fsp3) is 0.833. The van der Waals surface area contributed by atoms with Gasteiger partial charge in [0, 0.05) is 0 Å². The first-order valence-corrected chi connectivity index (χ1v) is 3.17. The molecule has 1 unspecified atom stereocenters. The molecule has 0 aromatic carbocycles. The molecule has 10 heavy (non-hydrogen) atoms. The van der Waals surface area contributed by atoms with Gasteiger partial charge in [-0.1, -0.05) is 0 Å². The van der Waals surface area contributed by atoms with E-state index >= 15 is 0 Å². The molecule has 0 radical (unpaired) electrons. The summed E-state index contributed by atoms with van der Waals surface area (Å²) in [5.41, 5.74) is 0. The van der Waals surface area contributed by atoms with Crippen molar-refractivity contribution in [3.8, 4) is 0 Å². The zero-order valence-corrected chi connectivity index (χ0v) is 5.83. The van der Waals surface area contributed by atoms with Gasteiger partial charge in [0.15, 0.2) is 0 Å². The standard InChI is InChI=1S/C6H10O4/c1-8-6(7)5-2-3-9-10-4-5/h5H,2-4H2,1H3. The van der Waals surface area contributed by atoms with E-state index < -0.39 is 0 Å². The Hall–Kier alpha value is -0.610. The highest BCUT2D eigenvalue weighted by Gasteiger charge is 2.22. The van der Waals surface area contributed by atoms with Gasteiger partial charge in [0.05, 0.1) is 26.2 Å². The monoisotopic (exact) mass is 146 g/mol. The van der Waals surface area contributed by atoms with Gasteiger partial charge in [0.1, 0.15) is 0 Å². The van der Waals surface area contributed by atoms with E-state index in [2.05, 4.69) is 14.5 Å². The Kier molecular flexibility index (Phi) is 2.65. The smallest absolute Gasteiger partial charge is 0.311 e. The van der Waals surface area contributed by atoms with Crippen LogP contribution in [0.4, 0.5) is 0 Å². The number of hydrogen-bond donors (Lipinski definition) is 0. The molecule has 58 valence electrons. The van der Waals surface area contributed by atoms with E-state index in [4.69, 9.17) is 0 Å². The van der Waals surface area contributed by atoms with Crippen molar-refractivity contribution in [2.75, 3.05) is 20.3 Å². The summed E-state index contributed by atoms with van der Waals surface area (Å²) in [4.78, 5) is 20.0. The van der Waals surface area contributed by atoms with Gasteiger partial charge in [0.25, 0.3) is 0 Å². The first-order chi connectivity index (χ1) is 4.84. The molecule has 4 heteroatoms. The van der Waals surface area contributed by atoms with Gasteiger partial charge in [-0.25, -0.2) is 9.78 Å². The molecule has 4 nitrogen and oxygen atoms in total. The fourth-order valence-corrected chi connectivity index (χ4v) is 0.815. The van der Waals surface area contributed by atoms with Crippen molar-refractivity contribution in [3.63, 3.8) is 0 Å². The minimum Gasteiger partial charge on any atom is -0.469 e. The molecular formula is C6H10O4. The topological polar surface area (TPSA) is 44.8 Å². The first-order valence-electron chi connectivity index (χ1n) is 3.17. The van der Waals surface area contributed by atoms with Crippen molar-refractivity contribution < 1.29 is 19.3 Å². The average Bonchev–Trinajstić information content (AvgIpc) is 2.05. The highest BCUT2D eigenvalue weighted by Crippen LogP contribution is 2.11. The molecule has 0 aromatic heterocycles. The predicted octanol–water partition coefficient (Wildman–Crippen LogP) is 0.127. The van der Waals surface area contributed by atoms with Crippen LogP contribution in [0.5, 0.6) is 0 Å². The second-order valence-corrected chi connectivity index (χ2v) is 2.12. The quantitative estimate of drug-likeness (QED) is 0.389. The number of esters is 1. The van der Waals surface area contributed by atoms with Gasteiger partial charge in [-0.15, -0.1) is 0 Å². The Balaban J connectivity index is 2.31. The number of carbonyl (C=O) groups is 1. The molecule has 0 spiro atoms. The van der Waals surface area contributed by atoms with Crippen molar-refractivity contribution >= 4 is 5.97 Å². The molecule has 1 saturated heterocycles. The second kappa shape index (κ2) is 3.53. The van der Waals surface area contributed by atoms with Crippen LogP contribution in [0.15, 0.2) is 0 Å². The summed E-state index contributed by atoms with van der Waals surface area (Å²) in [6, 6.07) is 0. The molecule has 1 fully saturated rings. The van der Waals surface area contributed by atoms with Gasteiger partial charge in [-0.05, 0) is 6.42 Å². The summed E-state index contributed by atoms with van der Waals surface area (Å²) in [5, 5.41) is 0. The lowest BCUT2D eigenvalue weighted by Gasteiger charge is -2.18. The summed E-state index contributed by atoms with van der Waals surface area (Å²) in [5.74, 6) is -0.359. The van der Waals surface area contributed by atoms with Crippen LogP contribution in [0, 0.1) is 5.92 Å². The van der Waals surface area contributed by atoms with E-state index in [0.717, 1.165) is 0 Å². The Morgan fingerprint density at radius 3 is 2.90 bits per heavy atom. The molecule has 1 atom stereocenters. The minimum atomic E-state index is -0.219. The van der Waals surface area contributed by atoms with Gasteiger partial charge in [-0.2, -0.15) is 0 Å². The maximum Gasteiger partial charge on any atom is 0.311 e. The fourth-order valence-electron chi connectivity index (χ4n) is 0.815. The van der Waals surface area contributed by atoms with Crippen LogP contribution in [0.2, 0.25) is 0 Å². The van der Waals surface area contributed by atoms with Crippen molar-refractivity contribution in [3.05, 3.63) is 0 Å². The summed E-state index contributed by atoms with van der Waals surface area (Å²) < 4.78 is 4.52. The molecule has 1 aliphatic rings. The van der Waals surface area contributed by atoms with E-state index in [1.54, 1.807) is 0 Å². The number of carbonyl (C=O) groups excluding carboxylic acids is 1. The maximum absolute atomic E-state index is 10.8. The van der Waals surface area contributed by atoms with Crippen molar-refractivity contribution in [1.82, 2.24) is 0 Å². The molecule has 1 aliphatic heterocycles. The van der Waals surface area contributed by atoms with Crippen LogP contribution in [-0.2, 0) is 19.3 Å². The molecule has 0 N–H and O–H groups in total. The van der Waals surface area contributed by atoms with E-state index in [9.17, 15) is 4.79 Å². The first kappa shape index (κ1) is 7.50. The Morgan fingerprint density at radius 1 is 1.60 bits per heavy atom. The SMILES string of the molecule is COC(=O)C1CCOOC1. The minimum absolute atomic E-state index is 0.140. The normalized spacial score (nSPS) is 25.9. The van der Waals surface area contributed by atoms with Gasteiger partial charge in [-0.3, -0.25) is 4.79 Å². The lowest BCUT2D eigenvalue weighted by atomic mass is 10.1. The summed E-state index contributed by atoms with van der Waals surface area (Å²) in [7, 11) is 1.37. The average molecular weight is 146 g/mol. The highest BCUT2D eigenvalue weighted by molar-refractivity contribution is 5.72. The largest absolute Gasteiger partial charge is 0.469 e.